The first-order valence-electron chi connectivity index (χ1n) is 6.60. The fourth-order valence-corrected chi connectivity index (χ4v) is 2.06. The lowest BCUT2D eigenvalue weighted by Crippen LogP contribution is -2.39. The number of nitrogens with one attached hydrogen (secondary N) is 2. The molecule has 0 aliphatic carbocycles. The first-order valence-corrected chi connectivity index (χ1v) is 7.00. The molecule has 6 heteroatoms. The van der Waals surface area contributed by atoms with E-state index in [2.05, 4.69) is 10.6 Å². The number of benzene rings is 2. The van der Waals surface area contributed by atoms with Crippen LogP contribution in [0.2, 0.25) is 0 Å². The molecule has 0 spiro atoms. The Morgan fingerprint density at radius 2 is 1.64 bits per heavy atom. The average Bonchev–Trinajstić information content (AvgIpc) is 2.54. The third-order valence-electron chi connectivity index (χ3n) is 2.99. The third-order valence-corrected chi connectivity index (χ3v) is 3.23. The SMILES string of the molecule is NC(=O)c1ccccc1CNC(=S)NC(=O)c1ccccc1. The standard InChI is InChI=1S/C16H15N3O2S/c17-14(20)13-9-5-4-8-12(13)10-18-16(22)19-15(21)11-6-2-1-3-7-11/h1-9H,10H2,(H2,17,20)(H2,18,19,21,22). The van der Waals surface area contributed by atoms with Crippen LogP contribution in [-0.2, 0) is 6.54 Å². The lowest BCUT2D eigenvalue weighted by Gasteiger charge is -2.11. The van der Waals surface area contributed by atoms with E-state index in [0.717, 1.165) is 0 Å². The van der Waals surface area contributed by atoms with Crippen LogP contribution >= 0.6 is 12.2 Å². The number of amides is 2. The topological polar surface area (TPSA) is 84.2 Å². The van der Waals surface area contributed by atoms with Crippen LogP contribution in [0.5, 0.6) is 0 Å². The van der Waals surface area contributed by atoms with Crippen LogP contribution in [0.15, 0.2) is 54.6 Å². The number of nitrogens with two attached hydrogens (primary N) is 1. The van der Waals surface area contributed by atoms with Crippen LogP contribution in [0, 0.1) is 0 Å². The lowest BCUT2D eigenvalue weighted by atomic mass is 10.1. The van der Waals surface area contributed by atoms with E-state index in [4.69, 9.17) is 18.0 Å². The monoisotopic (exact) mass is 313 g/mol. The van der Waals surface area contributed by atoms with Gasteiger partial charge in [-0.2, -0.15) is 0 Å². The predicted octanol–water partition coefficient (Wildman–Crippen LogP) is 1.59. The van der Waals surface area contributed by atoms with Gasteiger partial charge in [-0.25, -0.2) is 0 Å². The van der Waals surface area contributed by atoms with Crippen LogP contribution in [0.3, 0.4) is 0 Å². The number of primary amides is 1. The normalized spacial score (nSPS) is 9.82. The molecule has 0 heterocycles. The molecule has 22 heavy (non-hydrogen) atoms. The molecule has 4 N–H and O–H groups in total. The minimum Gasteiger partial charge on any atom is -0.366 e. The van der Waals surface area contributed by atoms with Gasteiger partial charge in [0.2, 0.25) is 5.91 Å². The smallest absolute Gasteiger partial charge is 0.257 e. The van der Waals surface area contributed by atoms with E-state index in [9.17, 15) is 9.59 Å². The zero-order valence-corrected chi connectivity index (χ0v) is 12.5. The van der Waals surface area contributed by atoms with E-state index in [1.54, 1.807) is 48.5 Å². The Balaban J connectivity index is 1.94. The zero-order chi connectivity index (χ0) is 15.9. The molecule has 0 unspecified atom stereocenters. The second-order valence-electron chi connectivity index (χ2n) is 4.52. The van der Waals surface area contributed by atoms with Crippen molar-refractivity contribution >= 4 is 29.1 Å². The van der Waals surface area contributed by atoms with Crippen molar-refractivity contribution in [2.75, 3.05) is 0 Å². The van der Waals surface area contributed by atoms with Gasteiger partial charge < -0.3 is 11.1 Å². The quantitative estimate of drug-likeness (QED) is 0.749. The van der Waals surface area contributed by atoms with E-state index < -0.39 is 5.91 Å². The van der Waals surface area contributed by atoms with Crippen molar-refractivity contribution in [3.8, 4) is 0 Å². The molecule has 0 aromatic heterocycles. The van der Waals surface area contributed by atoms with Crippen molar-refractivity contribution in [2.45, 2.75) is 6.54 Å². The van der Waals surface area contributed by atoms with Gasteiger partial charge in [0.25, 0.3) is 5.91 Å². The molecule has 2 aromatic rings. The van der Waals surface area contributed by atoms with Gasteiger partial charge in [-0.15, -0.1) is 0 Å². The van der Waals surface area contributed by atoms with Crippen molar-refractivity contribution in [1.29, 1.82) is 0 Å². The summed E-state index contributed by atoms with van der Waals surface area (Å²) in [4.78, 5) is 23.2. The summed E-state index contributed by atoms with van der Waals surface area (Å²) in [6.07, 6.45) is 0. The van der Waals surface area contributed by atoms with Crippen LogP contribution in [0.4, 0.5) is 0 Å². The summed E-state index contributed by atoms with van der Waals surface area (Å²) in [5.41, 5.74) is 6.96. The molecule has 0 aliphatic heterocycles. The Bertz CT molecular complexity index is 702. The molecule has 0 fully saturated rings. The number of thiocarbonyl (C=S) groups is 1. The van der Waals surface area contributed by atoms with E-state index in [1.165, 1.54) is 0 Å². The van der Waals surface area contributed by atoms with Gasteiger partial charge in [0.1, 0.15) is 0 Å². The fourth-order valence-electron chi connectivity index (χ4n) is 1.90. The number of carbonyl (C=O) groups is 2. The first kappa shape index (κ1) is 15.7. The Labute approximate surface area is 133 Å². The first-order chi connectivity index (χ1) is 10.6. The van der Waals surface area contributed by atoms with E-state index >= 15 is 0 Å². The van der Waals surface area contributed by atoms with Gasteiger partial charge in [0.05, 0.1) is 0 Å². The highest BCUT2D eigenvalue weighted by Gasteiger charge is 2.09. The largest absolute Gasteiger partial charge is 0.366 e. The molecule has 5 nitrogen and oxygen atoms in total. The van der Waals surface area contributed by atoms with Crippen molar-refractivity contribution in [3.05, 3.63) is 71.3 Å². The van der Waals surface area contributed by atoms with Crippen molar-refractivity contribution in [2.24, 2.45) is 5.73 Å². The highest BCUT2D eigenvalue weighted by Crippen LogP contribution is 2.07. The molecule has 0 bridgehead atoms. The summed E-state index contributed by atoms with van der Waals surface area (Å²) in [7, 11) is 0. The van der Waals surface area contributed by atoms with Gasteiger partial charge in [-0.3, -0.25) is 14.9 Å². The van der Waals surface area contributed by atoms with Crippen LogP contribution in [-0.4, -0.2) is 16.9 Å². The van der Waals surface area contributed by atoms with E-state index in [0.29, 0.717) is 23.2 Å². The Morgan fingerprint density at radius 3 is 2.32 bits per heavy atom. The minimum absolute atomic E-state index is 0.188. The molecule has 2 rings (SSSR count). The highest BCUT2D eigenvalue weighted by atomic mass is 32.1. The van der Waals surface area contributed by atoms with Crippen molar-refractivity contribution < 1.29 is 9.59 Å². The van der Waals surface area contributed by atoms with Crippen LogP contribution in [0.25, 0.3) is 0 Å². The second-order valence-corrected chi connectivity index (χ2v) is 4.93. The second kappa shape index (κ2) is 7.33. The summed E-state index contributed by atoms with van der Waals surface area (Å²) in [6.45, 7) is 0.299. The molecule has 2 aromatic carbocycles. The van der Waals surface area contributed by atoms with Gasteiger partial charge in [0, 0.05) is 17.7 Å². The molecule has 0 saturated heterocycles. The van der Waals surface area contributed by atoms with Gasteiger partial charge in [-0.05, 0) is 36.0 Å². The zero-order valence-electron chi connectivity index (χ0n) is 11.7. The number of hydrogen-bond donors (Lipinski definition) is 3. The average molecular weight is 313 g/mol. The molecule has 0 radical (unpaired) electrons. The number of hydrogen-bond acceptors (Lipinski definition) is 3. The minimum atomic E-state index is -0.503. The Kier molecular flexibility index (Phi) is 5.21. The summed E-state index contributed by atoms with van der Waals surface area (Å²) in [6, 6.07) is 15.7. The highest BCUT2D eigenvalue weighted by molar-refractivity contribution is 7.80. The third kappa shape index (κ3) is 4.13. The van der Waals surface area contributed by atoms with E-state index in [-0.39, 0.29) is 11.0 Å². The van der Waals surface area contributed by atoms with Gasteiger partial charge in [-0.1, -0.05) is 36.4 Å². The molecule has 0 saturated carbocycles. The molecule has 2 amide bonds. The molecule has 0 aliphatic rings. The van der Waals surface area contributed by atoms with E-state index in [1.807, 2.05) is 6.07 Å². The number of carbonyl (C=O) groups excluding carboxylic acids is 2. The van der Waals surface area contributed by atoms with Gasteiger partial charge in [0.15, 0.2) is 5.11 Å². The van der Waals surface area contributed by atoms with Crippen LogP contribution < -0.4 is 16.4 Å². The molecular formula is C16H15N3O2S. The summed E-state index contributed by atoms with van der Waals surface area (Å²) < 4.78 is 0. The summed E-state index contributed by atoms with van der Waals surface area (Å²) >= 11 is 5.08. The predicted molar refractivity (Wildman–Crippen MR) is 88.3 cm³/mol. The maximum absolute atomic E-state index is 11.9. The van der Waals surface area contributed by atoms with Gasteiger partial charge >= 0.3 is 0 Å². The number of rotatable bonds is 4. The molecule has 0 atom stereocenters. The Morgan fingerprint density at radius 1 is 1.00 bits per heavy atom. The molecular weight excluding hydrogens is 298 g/mol. The lowest BCUT2D eigenvalue weighted by molar-refractivity contribution is 0.0973. The summed E-state index contributed by atoms with van der Waals surface area (Å²) in [5.74, 6) is -0.794. The van der Waals surface area contributed by atoms with Crippen molar-refractivity contribution in [1.82, 2.24) is 10.6 Å². The fraction of sp³-hybridized carbons (Fsp3) is 0.0625. The Hall–Kier alpha value is -2.73. The van der Waals surface area contributed by atoms with Crippen LogP contribution in [0.1, 0.15) is 26.3 Å². The molecule has 112 valence electrons. The maximum Gasteiger partial charge on any atom is 0.257 e. The maximum atomic E-state index is 11.9. The summed E-state index contributed by atoms with van der Waals surface area (Å²) in [5, 5.41) is 5.66. The van der Waals surface area contributed by atoms with Crippen molar-refractivity contribution in [3.63, 3.8) is 0 Å².